The lowest BCUT2D eigenvalue weighted by atomic mass is 10.1. The molecule has 2 N–H and O–H groups in total. The number of aliphatic hydroxyl groups is 1. The molecule has 0 saturated heterocycles. The minimum atomic E-state index is -1.15. The molecule has 0 aromatic carbocycles. The zero-order chi connectivity index (χ0) is 11.7. The van der Waals surface area contributed by atoms with Gasteiger partial charge in [-0.3, -0.25) is 0 Å². The van der Waals surface area contributed by atoms with E-state index in [0.29, 0.717) is 5.56 Å². The van der Waals surface area contributed by atoms with Crippen LogP contribution in [0.25, 0.3) is 0 Å². The summed E-state index contributed by atoms with van der Waals surface area (Å²) < 4.78 is 5.91. The summed E-state index contributed by atoms with van der Waals surface area (Å²) in [5.74, 6) is -1.10. The summed E-state index contributed by atoms with van der Waals surface area (Å²) in [6, 6.07) is 4.54. The molecule has 0 aliphatic carbocycles. The molecule has 1 atom stereocenters. The molecular weight excluding hydrogens is 296 g/mol. The molecule has 2 rings (SSSR count). The first-order valence-electron chi connectivity index (χ1n) is 4.33. The van der Waals surface area contributed by atoms with E-state index in [1.165, 1.54) is 23.5 Å². The Labute approximate surface area is 103 Å². The summed E-state index contributed by atoms with van der Waals surface area (Å²) in [6.45, 7) is 0. The molecule has 0 aliphatic heterocycles. The second-order valence-corrected chi connectivity index (χ2v) is 5.38. The highest BCUT2D eigenvalue weighted by molar-refractivity contribution is 9.11. The van der Waals surface area contributed by atoms with Gasteiger partial charge in [-0.25, -0.2) is 4.79 Å². The molecule has 0 spiro atoms. The number of halogens is 1. The van der Waals surface area contributed by atoms with Crippen molar-refractivity contribution in [3.63, 3.8) is 0 Å². The number of hydrogen-bond donors (Lipinski definition) is 2. The average Bonchev–Trinajstić information content (AvgIpc) is 2.84. The molecule has 2 heterocycles. The third kappa shape index (κ3) is 2.18. The smallest absolute Gasteiger partial charge is 0.371 e. The monoisotopic (exact) mass is 302 g/mol. The summed E-state index contributed by atoms with van der Waals surface area (Å²) in [7, 11) is 0. The largest absolute Gasteiger partial charge is 0.475 e. The van der Waals surface area contributed by atoms with Gasteiger partial charge in [-0.05, 0) is 45.1 Å². The van der Waals surface area contributed by atoms with E-state index in [0.717, 1.165) is 3.79 Å². The van der Waals surface area contributed by atoms with Crippen LogP contribution in [0, 0.1) is 0 Å². The number of aliphatic hydroxyl groups excluding tert-OH is 1. The van der Waals surface area contributed by atoms with Crippen molar-refractivity contribution < 1.29 is 19.4 Å². The maximum absolute atomic E-state index is 10.6. The Morgan fingerprint density at radius 3 is 2.75 bits per heavy atom. The predicted molar refractivity (Wildman–Crippen MR) is 61.7 cm³/mol. The molecule has 6 heteroatoms. The van der Waals surface area contributed by atoms with Crippen LogP contribution in [0.3, 0.4) is 0 Å². The van der Waals surface area contributed by atoms with Crippen molar-refractivity contribution in [3.05, 3.63) is 44.4 Å². The van der Waals surface area contributed by atoms with Gasteiger partial charge >= 0.3 is 5.97 Å². The van der Waals surface area contributed by atoms with Crippen LogP contribution in [0.4, 0.5) is 0 Å². The molecule has 2 aromatic rings. The summed E-state index contributed by atoms with van der Waals surface area (Å²) in [5.41, 5.74) is 0.670. The van der Waals surface area contributed by atoms with Gasteiger partial charge in [0, 0.05) is 0 Å². The first-order valence-corrected chi connectivity index (χ1v) is 6.00. The second-order valence-electron chi connectivity index (χ2n) is 3.09. The Morgan fingerprint density at radius 1 is 1.50 bits per heavy atom. The van der Waals surface area contributed by atoms with Crippen LogP contribution in [0.1, 0.15) is 28.0 Å². The van der Waals surface area contributed by atoms with Crippen LogP contribution in [-0.4, -0.2) is 16.2 Å². The highest BCUT2D eigenvalue weighted by Gasteiger charge is 2.18. The first kappa shape index (κ1) is 11.4. The number of thiophene rings is 1. The minimum Gasteiger partial charge on any atom is -0.475 e. The van der Waals surface area contributed by atoms with Crippen LogP contribution >= 0.6 is 27.3 Å². The predicted octanol–water partition coefficient (Wildman–Crippen LogP) is 2.88. The molecule has 0 aliphatic rings. The van der Waals surface area contributed by atoms with Crippen LogP contribution in [0.5, 0.6) is 0 Å². The zero-order valence-electron chi connectivity index (χ0n) is 7.88. The van der Waals surface area contributed by atoms with Crippen molar-refractivity contribution in [2.24, 2.45) is 0 Å². The van der Waals surface area contributed by atoms with Gasteiger partial charge in [0.05, 0.1) is 3.79 Å². The number of rotatable bonds is 3. The molecule has 4 nitrogen and oxygen atoms in total. The van der Waals surface area contributed by atoms with Crippen LogP contribution < -0.4 is 0 Å². The quantitative estimate of drug-likeness (QED) is 0.914. The Kier molecular flexibility index (Phi) is 3.13. The fourth-order valence-corrected chi connectivity index (χ4v) is 2.44. The van der Waals surface area contributed by atoms with Crippen molar-refractivity contribution in [3.8, 4) is 0 Å². The summed E-state index contributed by atoms with van der Waals surface area (Å²) in [5, 5.41) is 20.3. The van der Waals surface area contributed by atoms with Gasteiger partial charge in [-0.15, -0.1) is 11.3 Å². The van der Waals surface area contributed by atoms with Gasteiger partial charge in [0.15, 0.2) is 0 Å². The van der Waals surface area contributed by atoms with Gasteiger partial charge in [0.25, 0.3) is 0 Å². The number of aromatic carboxylic acids is 1. The normalized spacial score (nSPS) is 12.6. The number of carbonyl (C=O) groups is 1. The molecule has 0 bridgehead atoms. The number of hydrogen-bond acceptors (Lipinski definition) is 4. The highest BCUT2D eigenvalue weighted by Crippen LogP contribution is 2.30. The highest BCUT2D eigenvalue weighted by atomic mass is 79.9. The third-order valence-electron chi connectivity index (χ3n) is 2.01. The van der Waals surface area contributed by atoms with Gasteiger partial charge in [-0.1, -0.05) is 0 Å². The zero-order valence-corrected chi connectivity index (χ0v) is 10.3. The Balaban J connectivity index is 2.26. The van der Waals surface area contributed by atoms with E-state index < -0.39 is 12.1 Å². The minimum absolute atomic E-state index is 0.177. The van der Waals surface area contributed by atoms with E-state index >= 15 is 0 Å². The lowest BCUT2D eigenvalue weighted by Gasteiger charge is -2.04. The van der Waals surface area contributed by atoms with Gasteiger partial charge in [0.2, 0.25) is 5.76 Å². The van der Waals surface area contributed by atoms with Crippen molar-refractivity contribution >= 4 is 33.2 Å². The third-order valence-corrected chi connectivity index (χ3v) is 3.53. The van der Waals surface area contributed by atoms with E-state index in [1.807, 2.05) is 0 Å². The Hall–Kier alpha value is -1.11. The fourth-order valence-electron chi connectivity index (χ4n) is 1.25. The van der Waals surface area contributed by atoms with E-state index in [-0.39, 0.29) is 11.5 Å². The average molecular weight is 303 g/mol. The van der Waals surface area contributed by atoms with Crippen molar-refractivity contribution in [2.75, 3.05) is 0 Å². The number of carboxylic acids is 1. The number of carboxylic acid groups (broad SMARTS) is 1. The molecule has 84 valence electrons. The Bertz CT molecular complexity index is 516. The first-order chi connectivity index (χ1) is 7.58. The van der Waals surface area contributed by atoms with Crippen LogP contribution in [0.2, 0.25) is 0 Å². The van der Waals surface area contributed by atoms with Crippen molar-refractivity contribution in [1.82, 2.24) is 0 Å². The van der Waals surface area contributed by atoms with Crippen LogP contribution in [0.15, 0.2) is 31.8 Å². The maximum atomic E-state index is 10.6. The molecule has 16 heavy (non-hydrogen) atoms. The molecule has 0 radical (unpaired) electrons. The maximum Gasteiger partial charge on any atom is 0.371 e. The molecule has 1 unspecified atom stereocenters. The summed E-state index contributed by atoms with van der Waals surface area (Å²) >= 11 is 4.72. The second kappa shape index (κ2) is 4.40. The van der Waals surface area contributed by atoms with Crippen molar-refractivity contribution in [2.45, 2.75) is 6.10 Å². The van der Waals surface area contributed by atoms with Crippen molar-refractivity contribution in [1.29, 1.82) is 0 Å². The van der Waals surface area contributed by atoms with E-state index in [4.69, 9.17) is 9.52 Å². The van der Waals surface area contributed by atoms with E-state index in [2.05, 4.69) is 15.9 Å². The SMILES string of the molecule is O=C(O)c1ccc(C(O)c2csc(Br)c2)o1. The topological polar surface area (TPSA) is 70.7 Å². The molecule has 2 aromatic heterocycles. The molecule has 0 saturated carbocycles. The Morgan fingerprint density at radius 2 is 2.25 bits per heavy atom. The molecule has 0 fully saturated rings. The van der Waals surface area contributed by atoms with Gasteiger partial charge in [-0.2, -0.15) is 0 Å². The van der Waals surface area contributed by atoms with Crippen LogP contribution in [-0.2, 0) is 0 Å². The van der Waals surface area contributed by atoms with E-state index in [1.54, 1.807) is 11.4 Å². The van der Waals surface area contributed by atoms with E-state index in [9.17, 15) is 9.90 Å². The lowest BCUT2D eigenvalue weighted by Crippen LogP contribution is -1.96. The van der Waals surface area contributed by atoms with Gasteiger partial charge < -0.3 is 14.6 Å². The molecular formula is C10H7BrO4S. The lowest BCUT2D eigenvalue weighted by molar-refractivity contribution is 0.0655. The fraction of sp³-hybridized carbons (Fsp3) is 0.100. The standard InChI is InChI=1S/C10H7BrO4S/c11-8-3-5(4-16-8)9(12)6-1-2-7(15-6)10(13)14/h1-4,9,12H,(H,13,14). The summed E-state index contributed by atoms with van der Waals surface area (Å²) in [6.07, 6.45) is -0.935. The van der Waals surface area contributed by atoms with Gasteiger partial charge in [0.1, 0.15) is 11.9 Å². The summed E-state index contributed by atoms with van der Waals surface area (Å²) in [4.78, 5) is 10.6. The number of furan rings is 1. The molecule has 0 amide bonds.